The first kappa shape index (κ1) is 19.4. The predicted molar refractivity (Wildman–Crippen MR) is 117 cm³/mol. The molecule has 0 aromatic heterocycles. The van der Waals surface area contributed by atoms with E-state index in [1.807, 2.05) is 72.8 Å². The summed E-state index contributed by atoms with van der Waals surface area (Å²) in [7, 11) is 0. The van der Waals surface area contributed by atoms with Gasteiger partial charge >= 0.3 is 5.97 Å². The summed E-state index contributed by atoms with van der Waals surface area (Å²) in [4.78, 5) is 17.0. The zero-order chi connectivity index (χ0) is 20.2. The highest BCUT2D eigenvalue weighted by Crippen LogP contribution is 2.24. The van der Waals surface area contributed by atoms with Crippen molar-refractivity contribution in [2.45, 2.75) is 6.61 Å². The molecule has 0 atom stereocenters. The second-order valence-corrected chi connectivity index (χ2v) is 7.66. The van der Waals surface area contributed by atoms with Gasteiger partial charge in [0.2, 0.25) is 0 Å². The number of rotatable bonds is 5. The molecule has 1 aliphatic rings. The first-order chi connectivity index (χ1) is 14.1. The quantitative estimate of drug-likeness (QED) is 0.339. The van der Waals surface area contributed by atoms with E-state index >= 15 is 0 Å². The van der Waals surface area contributed by atoms with E-state index in [9.17, 15) is 4.79 Å². The Kier molecular flexibility index (Phi) is 5.79. The van der Waals surface area contributed by atoms with Crippen LogP contribution in [0.2, 0.25) is 5.02 Å². The van der Waals surface area contributed by atoms with Crippen molar-refractivity contribution in [3.05, 3.63) is 105 Å². The number of carbonyl (C=O) groups is 1. The second-order valence-electron chi connectivity index (χ2n) is 6.34. The Hall–Kier alpha value is -2.89. The first-order valence-electron chi connectivity index (χ1n) is 8.84. The third-order valence-corrected chi connectivity index (χ3v) is 5.20. The molecular weight excluding hydrogens is 454 g/mol. The fourth-order valence-electron chi connectivity index (χ4n) is 2.86. The number of carbonyl (C=O) groups excluding carboxylic acids is 1. The molecule has 4 rings (SSSR count). The number of hydrogen-bond acceptors (Lipinski definition) is 4. The van der Waals surface area contributed by atoms with Crippen LogP contribution in [0.1, 0.15) is 16.7 Å². The molecule has 0 radical (unpaired) electrons. The average Bonchev–Trinajstić information content (AvgIpc) is 3.09. The molecule has 3 aromatic carbocycles. The largest absolute Gasteiger partial charge is 0.489 e. The molecule has 6 heteroatoms. The summed E-state index contributed by atoms with van der Waals surface area (Å²) >= 11 is 9.59. The van der Waals surface area contributed by atoms with Crippen molar-refractivity contribution >= 4 is 45.3 Å². The lowest BCUT2D eigenvalue weighted by Crippen LogP contribution is -2.06. The van der Waals surface area contributed by atoms with Crippen molar-refractivity contribution in [1.82, 2.24) is 0 Å². The van der Waals surface area contributed by atoms with Crippen LogP contribution in [0, 0.1) is 0 Å². The zero-order valence-corrected chi connectivity index (χ0v) is 17.5. The van der Waals surface area contributed by atoms with Crippen molar-refractivity contribution in [2.75, 3.05) is 0 Å². The maximum Gasteiger partial charge on any atom is 0.368 e. The third kappa shape index (κ3) is 4.58. The van der Waals surface area contributed by atoms with Crippen LogP contribution < -0.4 is 4.74 Å². The minimum Gasteiger partial charge on any atom is -0.489 e. The Morgan fingerprint density at radius 2 is 1.83 bits per heavy atom. The van der Waals surface area contributed by atoms with Crippen molar-refractivity contribution < 1.29 is 14.4 Å². The number of nitrogens with zero attached hydrogens (tertiary/aromatic N) is 1. The van der Waals surface area contributed by atoms with Gasteiger partial charge in [-0.25, -0.2) is 4.79 Å². The second kappa shape index (κ2) is 8.64. The van der Waals surface area contributed by atoms with E-state index in [0.717, 1.165) is 21.2 Å². The van der Waals surface area contributed by atoms with E-state index in [4.69, 9.17) is 21.2 Å². The van der Waals surface area contributed by atoms with Gasteiger partial charge in [-0.3, -0.25) is 0 Å². The Morgan fingerprint density at radius 1 is 1.03 bits per heavy atom. The molecule has 0 amide bonds. The van der Waals surface area contributed by atoms with Gasteiger partial charge in [-0.15, -0.1) is 0 Å². The lowest BCUT2D eigenvalue weighted by Gasteiger charge is -2.08. The van der Waals surface area contributed by atoms with Crippen LogP contribution in [-0.2, 0) is 16.2 Å². The highest BCUT2D eigenvalue weighted by Gasteiger charge is 2.26. The summed E-state index contributed by atoms with van der Waals surface area (Å²) in [5, 5.41) is 4.61. The van der Waals surface area contributed by atoms with Gasteiger partial charge in [0.15, 0.2) is 0 Å². The molecular formula is C23H15BrClNO3. The van der Waals surface area contributed by atoms with Crippen molar-refractivity contribution in [1.29, 1.82) is 0 Å². The van der Waals surface area contributed by atoms with Crippen LogP contribution in [0.3, 0.4) is 0 Å². The minimum atomic E-state index is -0.473. The van der Waals surface area contributed by atoms with Crippen LogP contribution in [0.25, 0.3) is 6.08 Å². The standard InChI is InChI=1S/C23H15BrClNO3/c24-18-6-3-5-16(13-18)22-20(23(27)29-26-22)12-15-8-10-19(11-9-15)28-14-17-4-1-2-7-21(17)25/h1-13H,14H2/b20-12-. The Balaban J connectivity index is 1.51. The maximum atomic E-state index is 12.2. The molecule has 0 spiro atoms. The van der Waals surface area contributed by atoms with Gasteiger partial charge in [0.25, 0.3) is 0 Å². The molecule has 0 N–H and O–H groups in total. The lowest BCUT2D eigenvalue weighted by molar-refractivity contribution is -0.136. The molecule has 0 aliphatic carbocycles. The number of hydrogen-bond donors (Lipinski definition) is 0. The molecule has 0 fully saturated rings. The van der Waals surface area contributed by atoms with Gasteiger partial charge in [-0.1, -0.05) is 75.2 Å². The van der Waals surface area contributed by atoms with Crippen LogP contribution in [0.4, 0.5) is 0 Å². The molecule has 29 heavy (non-hydrogen) atoms. The first-order valence-corrected chi connectivity index (χ1v) is 10.0. The zero-order valence-electron chi connectivity index (χ0n) is 15.1. The normalized spacial score (nSPS) is 14.6. The van der Waals surface area contributed by atoms with Crippen molar-refractivity contribution in [3.8, 4) is 5.75 Å². The molecule has 3 aromatic rings. The van der Waals surface area contributed by atoms with E-state index in [1.54, 1.807) is 6.08 Å². The number of ether oxygens (including phenoxy) is 1. The number of halogens is 2. The Morgan fingerprint density at radius 3 is 2.59 bits per heavy atom. The lowest BCUT2D eigenvalue weighted by atomic mass is 10.0. The molecule has 1 heterocycles. The molecule has 0 saturated heterocycles. The van der Waals surface area contributed by atoms with Gasteiger partial charge < -0.3 is 9.57 Å². The Bertz CT molecular complexity index is 1120. The van der Waals surface area contributed by atoms with Gasteiger partial charge in [-0.2, -0.15) is 0 Å². The smallest absolute Gasteiger partial charge is 0.368 e. The van der Waals surface area contributed by atoms with Gasteiger partial charge in [0, 0.05) is 20.6 Å². The summed E-state index contributed by atoms with van der Waals surface area (Å²) in [6, 6.07) is 22.6. The number of oxime groups is 1. The summed E-state index contributed by atoms with van der Waals surface area (Å²) in [6.45, 7) is 0.381. The molecule has 144 valence electrons. The van der Waals surface area contributed by atoms with Gasteiger partial charge in [0.1, 0.15) is 18.1 Å². The van der Waals surface area contributed by atoms with E-state index in [1.165, 1.54) is 0 Å². The van der Waals surface area contributed by atoms with E-state index in [2.05, 4.69) is 21.1 Å². The molecule has 0 unspecified atom stereocenters. The highest BCUT2D eigenvalue weighted by atomic mass is 79.9. The van der Waals surface area contributed by atoms with Crippen LogP contribution in [0.15, 0.2) is 88.0 Å². The van der Waals surface area contributed by atoms with Gasteiger partial charge in [0.05, 0.1) is 5.57 Å². The van der Waals surface area contributed by atoms with E-state index in [0.29, 0.717) is 28.7 Å². The number of benzene rings is 3. The predicted octanol–water partition coefficient (Wildman–Crippen LogP) is 6.03. The summed E-state index contributed by atoms with van der Waals surface area (Å²) in [5.41, 5.74) is 3.48. The summed E-state index contributed by atoms with van der Waals surface area (Å²) in [6.07, 6.45) is 1.76. The average molecular weight is 469 g/mol. The van der Waals surface area contributed by atoms with E-state index < -0.39 is 5.97 Å². The van der Waals surface area contributed by atoms with Crippen molar-refractivity contribution in [2.24, 2.45) is 5.16 Å². The van der Waals surface area contributed by atoms with Crippen molar-refractivity contribution in [3.63, 3.8) is 0 Å². The van der Waals surface area contributed by atoms with Crippen LogP contribution in [-0.4, -0.2) is 11.7 Å². The molecule has 4 nitrogen and oxygen atoms in total. The minimum absolute atomic E-state index is 0.381. The monoisotopic (exact) mass is 467 g/mol. The molecule has 0 saturated carbocycles. The maximum absolute atomic E-state index is 12.2. The fraction of sp³-hybridized carbons (Fsp3) is 0.0435. The fourth-order valence-corrected chi connectivity index (χ4v) is 3.45. The van der Waals surface area contributed by atoms with E-state index in [-0.39, 0.29) is 0 Å². The van der Waals surface area contributed by atoms with Crippen LogP contribution >= 0.6 is 27.5 Å². The highest BCUT2D eigenvalue weighted by molar-refractivity contribution is 9.10. The summed E-state index contributed by atoms with van der Waals surface area (Å²) < 4.78 is 6.70. The summed E-state index contributed by atoms with van der Waals surface area (Å²) in [5.74, 6) is 0.237. The molecule has 1 aliphatic heterocycles. The topological polar surface area (TPSA) is 47.9 Å². The Labute approximate surface area is 181 Å². The van der Waals surface area contributed by atoms with Gasteiger partial charge in [-0.05, 0) is 42.0 Å². The SMILES string of the molecule is O=C1ON=C(c2cccc(Br)c2)/C1=C/c1ccc(OCc2ccccc2Cl)cc1. The third-order valence-electron chi connectivity index (χ3n) is 4.34. The molecule has 0 bridgehead atoms. The van der Waals surface area contributed by atoms with Crippen LogP contribution in [0.5, 0.6) is 5.75 Å².